The molecule has 1 aromatic heterocycles. The lowest BCUT2D eigenvalue weighted by Gasteiger charge is -2.17. The van der Waals surface area contributed by atoms with Crippen LogP contribution in [0.25, 0.3) is 0 Å². The Morgan fingerprint density at radius 1 is 1.44 bits per heavy atom. The maximum absolute atomic E-state index is 4.58. The lowest BCUT2D eigenvalue weighted by atomic mass is 9.89. The van der Waals surface area contributed by atoms with Gasteiger partial charge >= 0.3 is 0 Å². The fourth-order valence-electron chi connectivity index (χ4n) is 2.19. The van der Waals surface area contributed by atoms with Crippen LogP contribution in [0.3, 0.4) is 0 Å². The van der Waals surface area contributed by atoms with Gasteiger partial charge in [0, 0.05) is 17.8 Å². The van der Waals surface area contributed by atoms with Crippen LogP contribution in [0.5, 0.6) is 0 Å². The largest absolute Gasteiger partial charge is 0.261 e. The molecule has 1 aromatic rings. The highest BCUT2D eigenvalue weighted by molar-refractivity contribution is 5.24. The second-order valence-electron chi connectivity index (χ2n) is 6.07. The van der Waals surface area contributed by atoms with E-state index in [9.17, 15) is 0 Å². The van der Waals surface area contributed by atoms with Crippen molar-refractivity contribution in [3.63, 3.8) is 0 Å². The summed E-state index contributed by atoms with van der Waals surface area (Å²) in [6, 6.07) is 4.42. The molecule has 0 aliphatic heterocycles. The van der Waals surface area contributed by atoms with Gasteiger partial charge in [-0.1, -0.05) is 32.9 Å². The quantitative estimate of drug-likeness (QED) is 0.695. The van der Waals surface area contributed by atoms with Gasteiger partial charge in [-0.15, -0.1) is 6.58 Å². The van der Waals surface area contributed by atoms with Crippen molar-refractivity contribution in [3.8, 4) is 0 Å². The Hall–Kier alpha value is -1.11. The fraction of sp³-hybridized carbons (Fsp3) is 0.533. The van der Waals surface area contributed by atoms with Gasteiger partial charge in [-0.25, -0.2) is 0 Å². The smallest absolute Gasteiger partial charge is 0.0440 e. The summed E-state index contributed by atoms with van der Waals surface area (Å²) in [5.41, 5.74) is 2.92. The van der Waals surface area contributed by atoms with E-state index in [1.54, 1.807) is 0 Å². The van der Waals surface area contributed by atoms with Crippen LogP contribution in [0.2, 0.25) is 0 Å². The SMILES string of the molecule is C=CC1CC1c1ccc(CC(C)(C)C)cn1. The average molecular weight is 215 g/mol. The summed E-state index contributed by atoms with van der Waals surface area (Å²) in [4.78, 5) is 4.58. The lowest BCUT2D eigenvalue weighted by Crippen LogP contribution is -2.09. The maximum atomic E-state index is 4.58. The zero-order valence-electron chi connectivity index (χ0n) is 10.5. The van der Waals surface area contributed by atoms with Crippen LogP contribution in [0.1, 0.15) is 44.4 Å². The molecule has 0 saturated heterocycles. The molecule has 0 bridgehead atoms. The first-order valence-electron chi connectivity index (χ1n) is 6.07. The summed E-state index contributed by atoms with van der Waals surface area (Å²) in [6.07, 6.45) is 6.42. The highest BCUT2D eigenvalue weighted by Crippen LogP contribution is 2.47. The second kappa shape index (κ2) is 4.04. The van der Waals surface area contributed by atoms with Crippen molar-refractivity contribution in [3.05, 3.63) is 42.2 Å². The Morgan fingerprint density at radius 3 is 2.62 bits per heavy atom. The number of rotatable bonds is 3. The zero-order valence-corrected chi connectivity index (χ0v) is 10.5. The predicted molar refractivity (Wildman–Crippen MR) is 68.4 cm³/mol. The molecule has 1 saturated carbocycles. The molecule has 16 heavy (non-hydrogen) atoms. The molecule has 86 valence electrons. The molecule has 0 aromatic carbocycles. The average Bonchev–Trinajstić information content (AvgIpc) is 2.95. The molecular weight excluding hydrogens is 194 g/mol. The Morgan fingerprint density at radius 2 is 2.19 bits per heavy atom. The Bertz CT molecular complexity index is 369. The minimum Gasteiger partial charge on any atom is -0.261 e. The number of aromatic nitrogens is 1. The lowest BCUT2D eigenvalue weighted by molar-refractivity contribution is 0.410. The molecule has 1 nitrogen and oxygen atoms in total. The summed E-state index contributed by atoms with van der Waals surface area (Å²) in [5, 5.41) is 0. The monoisotopic (exact) mass is 215 g/mol. The number of allylic oxidation sites excluding steroid dienone is 1. The van der Waals surface area contributed by atoms with Gasteiger partial charge in [0.25, 0.3) is 0 Å². The standard InChI is InChI=1S/C15H21N/c1-5-12-8-13(12)14-7-6-11(10-16-14)9-15(2,3)4/h5-7,10,12-13H,1,8-9H2,2-4H3. The first kappa shape index (κ1) is 11.4. The Labute approximate surface area is 98.6 Å². The molecule has 2 unspecified atom stereocenters. The van der Waals surface area contributed by atoms with Gasteiger partial charge in [0.15, 0.2) is 0 Å². The van der Waals surface area contributed by atoms with Crippen LogP contribution in [-0.2, 0) is 6.42 Å². The van der Waals surface area contributed by atoms with Gasteiger partial charge in [-0.2, -0.15) is 0 Å². The maximum Gasteiger partial charge on any atom is 0.0440 e. The summed E-state index contributed by atoms with van der Waals surface area (Å²) in [5.74, 6) is 1.31. The third-order valence-corrected chi connectivity index (χ3v) is 3.10. The summed E-state index contributed by atoms with van der Waals surface area (Å²) >= 11 is 0. The van der Waals surface area contributed by atoms with E-state index >= 15 is 0 Å². The van der Waals surface area contributed by atoms with Crippen molar-refractivity contribution in [1.29, 1.82) is 0 Å². The molecule has 0 N–H and O–H groups in total. The second-order valence-corrected chi connectivity index (χ2v) is 6.07. The molecular formula is C15H21N. The van der Waals surface area contributed by atoms with Crippen molar-refractivity contribution >= 4 is 0 Å². The van der Waals surface area contributed by atoms with Crippen molar-refractivity contribution < 1.29 is 0 Å². The van der Waals surface area contributed by atoms with E-state index < -0.39 is 0 Å². The van der Waals surface area contributed by atoms with Gasteiger partial charge in [-0.3, -0.25) is 4.98 Å². The minimum atomic E-state index is 0.340. The van der Waals surface area contributed by atoms with Crippen molar-refractivity contribution in [2.45, 2.75) is 39.5 Å². The highest BCUT2D eigenvalue weighted by atomic mass is 14.7. The third kappa shape index (κ3) is 2.72. The van der Waals surface area contributed by atoms with E-state index in [4.69, 9.17) is 0 Å². The molecule has 2 atom stereocenters. The normalized spacial score (nSPS) is 24.2. The fourth-order valence-corrected chi connectivity index (χ4v) is 2.19. The zero-order chi connectivity index (χ0) is 11.8. The van der Waals surface area contributed by atoms with E-state index in [0.717, 1.165) is 6.42 Å². The van der Waals surface area contributed by atoms with E-state index in [1.807, 2.05) is 6.20 Å². The van der Waals surface area contributed by atoms with E-state index in [1.165, 1.54) is 17.7 Å². The van der Waals surface area contributed by atoms with Crippen molar-refractivity contribution in [2.75, 3.05) is 0 Å². The van der Waals surface area contributed by atoms with E-state index in [2.05, 4.69) is 50.5 Å². The molecule has 0 amide bonds. The first-order valence-corrected chi connectivity index (χ1v) is 6.07. The molecule has 1 heterocycles. The summed E-state index contributed by atoms with van der Waals surface area (Å²) < 4.78 is 0. The topological polar surface area (TPSA) is 12.9 Å². The van der Waals surface area contributed by atoms with Crippen LogP contribution in [-0.4, -0.2) is 4.98 Å². The van der Waals surface area contributed by atoms with Crippen molar-refractivity contribution in [2.24, 2.45) is 11.3 Å². The van der Waals surface area contributed by atoms with Crippen LogP contribution < -0.4 is 0 Å². The molecule has 0 spiro atoms. The number of hydrogen-bond acceptors (Lipinski definition) is 1. The minimum absolute atomic E-state index is 0.340. The Kier molecular flexibility index (Phi) is 2.88. The van der Waals surface area contributed by atoms with Crippen molar-refractivity contribution in [1.82, 2.24) is 4.98 Å². The molecule has 1 fully saturated rings. The van der Waals surface area contributed by atoms with Crippen LogP contribution in [0.4, 0.5) is 0 Å². The number of nitrogens with zero attached hydrogens (tertiary/aromatic N) is 1. The number of hydrogen-bond donors (Lipinski definition) is 0. The predicted octanol–water partition coefficient (Wildman–Crippen LogP) is 3.96. The van der Waals surface area contributed by atoms with Crippen LogP contribution in [0, 0.1) is 11.3 Å². The van der Waals surface area contributed by atoms with Gasteiger partial charge < -0.3 is 0 Å². The first-order chi connectivity index (χ1) is 7.49. The highest BCUT2D eigenvalue weighted by Gasteiger charge is 2.36. The molecule has 1 aliphatic carbocycles. The Balaban J connectivity index is 2.03. The van der Waals surface area contributed by atoms with Gasteiger partial charge in [0.2, 0.25) is 0 Å². The van der Waals surface area contributed by atoms with E-state index in [-0.39, 0.29) is 0 Å². The van der Waals surface area contributed by atoms with Gasteiger partial charge in [0.1, 0.15) is 0 Å². The van der Waals surface area contributed by atoms with E-state index in [0.29, 0.717) is 17.3 Å². The van der Waals surface area contributed by atoms with Crippen LogP contribution >= 0.6 is 0 Å². The van der Waals surface area contributed by atoms with Crippen LogP contribution in [0.15, 0.2) is 31.0 Å². The third-order valence-electron chi connectivity index (χ3n) is 3.10. The molecule has 0 radical (unpaired) electrons. The molecule has 1 aliphatic rings. The number of pyridine rings is 1. The molecule has 1 heteroatoms. The summed E-state index contributed by atoms with van der Waals surface area (Å²) in [7, 11) is 0. The summed E-state index contributed by atoms with van der Waals surface area (Å²) in [6.45, 7) is 10.6. The van der Waals surface area contributed by atoms with Gasteiger partial charge in [0.05, 0.1) is 0 Å². The molecule has 2 rings (SSSR count). The van der Waals surface area contributed by atoms with Gasteiger partial charge in [-0.05, 0) is 35.8 Å².